The van der Waals surface area contributed by atoms with Crippen molar-refractivity contribution in [3.63, 3.8) is 0 Å². The van der Waals surface area contributed by atoms with Crippen molar-refractivity contribution in [2.24, 2.45) is 0 Å². The third-order valence-electron chi connectivity index (χ3n) is 6.39. The standard InChI is InChI=1S/C28H33N3O4/c1-18(19-11-13-21(14-12-19)28(2,3)4)25(33)30-16-20-8-6-9-22-23(20)17-31(27(22)35)24(10-7-15-32)26(34)29-5/h6,8-9,11-15,24H,1,7,10,16-17H2,2-5H3,(H,29,34)(H,30,33). The highest BCUT2D eigenvalue weighted by Crippen LogP contribution is 2.29. The molecule has 1 unspecified atom stereocenters. The molecule has 1 aliphatic rings. The first-order valence-corrected chi connectivity index (χ1v) is 11.7. The van der Waals surface area contributed by atoms with Crippen LogP contribution in [-0.2, 0) is 32.9 Å². The van der Waals surface area contributed by atoms with E-state index in [1.807, 2.05) is 30.3 Å². The molecule has 184 valence electrons. The van der Waals surface area contributed by atoms with E-state index in [1.54, 1.807) is 12.1 Å². The van der Waals surface area contributed by atoms with Crippen LogP contribution in [0.1, 0.15) is 66.2 Å². The summed E-state index contributed by atoms with van der Waals surface area (Å²) < 4.78 is 0. The van der Waals surface area contributed by atoms with Gasteiger partial charge in [-0.05, 0) is 40.2 Å². The maximum atomic E-state index is 13.1. The third kappa shape index (κ3) is 5.67. The summed E-state index contributed by atoms with van der Waals surface area (Å²) in [4.78, 5) is 50.6. The van der Waals surface area contributed by atoms with E-state index in [1.165, 1.54) is 17.5 Å². The topological polar surface area (TPSA) is 95.6 Å². The number of carbonyl (C=O) groups is 4. The summed E-state index contributed by atoms with van der Waals surface area (Å²) >= 11 is 0. The number of aldehydes is 1. The minimum atomic E-state index is -0.733. The number of carbonyl (C=O) groups excluding carboxylic acids is 4. The van der Waals surface area contributed by atoms with Gasteiger partial charge in [0.2, 0.25) is 5.91 Å². The van der Waals surface area contributed by atoms with Gasteiger partial charge < -0.3 is 20.3 Å². The maximum absolute atomic E-state index is 13.1. The van der Waals surface area contributed by atoms with Gasteiger partial charge in [-0.3, -0.25) is 14.4 Å². The van der Waals surface area contributed by atoms with Gasteiger partial charge in [0.25, 0.3) is 11.8 Å². The van der Waals surface area contributed by atoms with Crippen LogP contribution in [-0.4, -0.2) is 42.0 Å². The molecule has 3 rings (SSSR count). The predicted octanol–water partition coefficient (Wildman–Crippen LogP) is 3.36. The minimum absolute atomic E-state index is 0.0190. The number of rotatable bonds is 9. The van der Waals surface area contributed by atoms with Crippen molar-refractivity contribution in [2.45, 2.75) is 58.2 Å². The fraction of sp³-hybridized carbons (Fsp3) is 0.357. The van der Waals surface area contributed by atoms with E-state index < -0.39 is 6.04 Å². The van der Waals surface area contributed by atoms with Gasteiger partial charge >= 0.3 is 0 Å². The molecule has 2 N–H and O–H groups in total. The smallest absolute Gasteiger partial charge is 0.255 e. The molecule has 0 aromatic heterocycles. The Morgan fingerprint density at radius 1 is 1.14 bits per heavy atom. The van der Waals surface area contributed by atoms with Gasteiger partial charge in [0.1, 0.15) is 12.3 Å². The lowest BCUT2D eigenvalue weighted by Crippen LogP contribution is -2.46. The average molecular weight is 476 g/mol. The Morgan fingerprint density at radius 3 is 2.43 bits per heavy atom. The summed E-state index contributed by atoms with van der Waals surface area (Å²) in [6.45, 7) is 10.8. The molecule has 35 heavy (non-hydrogen) atoms. The van der Waals surface area contributed by atoms with Crippen LogP contribution in [0.2, 0.25) is 0 Å². The second kappa shape index (κ2) is 10.7. The van der Waals surface area contributed by atoms with Gasteiger partial charge in [-0.25, -0.2) is 0 Å². The lowest BCUT2D eigenvalue weighted by atomic mass is 9.86. The molecule has 7 heteroatoms. The molecule has 0 bridgehead atoms. The Kier molecular flexibility index (Phi) is 7.89. The molecule has 1 atom stereocenters. The zero-order valence-corrected chi connectivity index (χ0v) is 20.8. The van der Waals surface area contributed by atoms with Crippen molar-refractivity contribution < 1.29 is 19.2 Å². The quantitative estimate of drug-likeness (QED) is 0.429. The highest BCUT2D eigenvalue weighted by atomic mass is 16.2. The highest BCUT2D eigenvalue weighted by molar-refractivity contribution is 6.18. The van der Waals surface area contributed by atoms with Crippen molar-refractivity contribution in [3.8, 4) is 0 Å². The van der Waals surface area contributed by atoms with Crippen molar-refractivity contribution in [2.75, 3.05) is 7.05 Å². The summed E-state index contributed by atoms with van der Waals surface area (Å²) in [6.07, 6.45) is 1.18. The first-order valence-electron chi connectivity index (χ1n) is 11.7. The van der Waals surface area contributed by atoms with Crippen molar-refractivity contribution in [1.82, 2.24) is 15.5 Å². The van der Waals surface area contributed by atoms with Crippen LogP contribution >= 0.6 is 0 Å². The molecule has 0 radical (unpaired) electrons. The van der Waals surface area contributed by atoms with Crippen LogP contribution in [0.15, 0.2) is 49.0 Å². The number of nitrogens with zero attached hydrogens (tertiary/aromatic N) is 1. The minimum Gasteiger partial charge on any atom is -0.357 e. The van der Waals surface area contributed by atoms with Gasteiger partial charge in [0, 0.05) is 37.7 Å². The van der Waals surface area contributed by atoms with Crippen molar-refractivity contribution in [1.29, 1.82) is 0 Å². The Labute approximate surface area is 206 Å². The average Bonchev–Trinajstić information content (AvgIpc) is 3.18. The fourth-order valence-electron chi connectivity index (χ4n) is 4.24. The van der Waals surface area contributed by atoms with E-state index in [0.29, 0.717) is 11.1 Å². The van der Waals surface area contributed by atoms with Crippen LogP contribution in [0.5, 0.6) is 0 Å². The monoisotopic (exact) mass is 475 g/mol. The number of hydrogen-bond donors (Lipinski definition) is 2. The molecular formula is C28H33N3O4. The van der Waals surface area contributed by atoms with Gasteiger partial charge in [0.15, 0.2) is 0 Å². The summed E-state index contributed by atoms with van der Waals surface area (Å²) in [5, 5.41) is 5.48. The van der Waals surface area contributed by atoms with Crippen molar-refractivity contribution in [3.05, 3.63) is 76.9 Å². The summed E-state index contributed by atoms with van der Waals surface area (Å²) in [5.41, 5.74) is 4.39. The zero-order chi connectivity index (χ0) is 25.8. The molecule has 0 saturated heterocycles. The predicted molar refractivity (Wildman–Crippen MR) is 135 cm³/mol. The normalized spacial score (nSPS) is 13.7. The van der Waals surface area contributed by atoms with Crippen LogP contribution in [0, 0.1) is 0 Å². The van der Waals surface area contributed by atoms with E-state index in [9.17, 15) is 19.2 Å². The summed E-state index contributed by atoms with van der Waals surface area (Å²) in [6, 6.07) is 12.4. The Balaban J connectivity index is 1.72. The highest BCUT2D eigenvalue weighted by Gasteiger charge is 2.36. The molecule has 2 aromatic carbocycles. The largest absolute Gasteiger partial charge is 0.357 e. The first kappa shape index (κ1) is 25.9. The van der Waals surface area contributed by atoms with Crippen LogP contribution in [0.25, 0.3) is 5.57 Å². The summed E-state index contributed by atoms with van der Waals surface area (Å²) in [7, 11) is 1.51. The molecule has 2 aromatic rings. The van der Waals surface area contributed by atoms with Crippen LogP contribution in [0.3, 0.4) is 0 Å². The molecule has 0 aliphatic carbocycles. The zero-order valence-electron chi connectivity index (χ0n) is 20.8. The molecule has 0 saturated carbocycles. The van der Waals surface area contributed by atoms with Crippen molar-refractivity contribution >= 4 is 29.6 Å². The Hall–Kier alpha value is -3.74. The first-order chi connectivity index (χ1) is 16.6. The molecule has 3 amide bonds. The van der Waals surface area contributed by atoms with E-state index in [4.69, 9.17) is 0 Å². The molecular weight excluding hydrogens is 442 g/mol. The number of hydrogen-bond acceptors (Lipinski definition) is 4. The number of nitrogens with one attached hydrogen (secondary N) is 2. The van der Waals surface area contributed by atoms with E-state index in [-0.39, 0.29) is 49.1 Å². The molecule has 0 fully saturated rings. The Morgan fingerprint density at radius 2 is 1.83 bits per heavy atom. The second-order valence-corrected chi connectivity index (χ2v) is 9.74. The SMILES string of the molecule is C=C(C(=O)NCc1cccc2c1CN(C(CCC=O)C(=O)NC)C2=O)c1ccc(C(C)(C)C)cc1. The van der Waals surface area contributed by atoms with Gasteiger partial charge in [-0.15, -0.1) is 0 Å². The van der Waals surface area contributed by atoms with E-state index >= 15 is 0 Å². The Bertz CT molecular complexity index is 1150. The summed E-state index contributed by atoms with van der Waals surface area (Å²) in [5.74, 6) is -0.853. The maximum Gasteiger partial charge on any atom is 0.255 e. The second-order valence-electron chi connectivity index (χ2n) is 9.74. The van der Waals surface area contributed by atoms with Gasteiger partial charge in [0.05, 0.1) is 0 Å². The molecule has 1 heterocycles. The lowest BCUT2D eigenvalue weighted by molar-refractivity contribution is -0.125. The van der Waals surface area contributed by atoms with E-state index in [0.717, 1.165) is 23.0 Å². The molecule has 0 spiro atoms. The van der Waals surface area contributed by atoms with Gasteiger partial charge in [-0.1, -0.05) is 63.7 Å². The third-order valence-corrected chi connectivity index (χ3v) is 6.39. The number of fused-ring (bicyclic) bond motifs is 1. The van der Waals surface area contributed by atoms with Crippen LogP contribution < -0.4 is 10.6 Å². The number of likely N-dealkylation sites (N-methyl/N-ethyl adjacent to an activating group) is 1. The van der Waals surface area contributed by atoms with Gasteiger partial charge in [-0.2, -0.15) is 0 Å². The molecule has 7 nitrogen and oxygen atoms in total. The number of amides is 3. The van der Waals surface area contributed by atoms with Crippen LogP contribution in [0.4, 0.5) is 0 Å². The molecule has 1 aliphatic heterocycles. The van der Waals surface area contributed by atoms with E-state index in [2.05, 4.69) is 38.0 Å². The fourth-order valence-corrected chi connectivity index (χ4v) is 4.24. The lowest BCUT2D eigenvalue weighted by Gasteiger charge is -2.25. The number of benzene rings is 2.